The lowest BCUT2D eigenvalue weighted by atomic mass is 9.98. The van der Waals surface area contributed by atoms with Crippen molar-refractivity contribution in [1.29, 1.82) is 0 Å². The lowest BCUT2D eigenvalue weighted by molar-refractivity contribution is 0.0699. The molecule has 1 aromatic heterocycles. The first-order valence-electron chi connectivity index (χ1n) is 6.86. The van der Waals surface area contributed by atoms with Gasteiger partial charge in [-0.2, -0.15) is 0 Å². The summed E-state index contributed by atoms with van der Waals surface area (Å²) in [6, 6.07) is 8.91. The fraction of sp³-hybridized carbons (Fsp3) is 0.375. The molecular weight excluding hydrogens is 252 g/mol. The number of carboxylic acids is 1. The molecule has 1 atom stereocenters. The zero-order valence-corrected chi connectivity index (χ0v) is 12.1. The number of rotatable bonds is 5. The largest absolute Gasteiger partial charge is 0.478 e. The highest BCUT2D eigenvalue weighted by atomic mass is 16.4. The van der Waals surface area contributed by atoms with Gasteiger partial charge in [0, 0.05) is 11.9 Å². The lowest BCUT2D eigenvalue weighted by Gasteiger charge is -2.17. The molecule has 0 amide bonds. The molecule has 0 aliphatic rings. The second-order valence-electron chi connectivity index (χ2n) is 5.48. The SMILES string of the molecule is CC(C)C(C)CNc1cc(C(=O)O)c2ccccc2n1. The molecule has 0 spiro atoms. The van der Waals surface area contributed by atoms with Crippen molar-refractivity contribution in [2.75, 3.05) is 11.9 Å². The van der Waals surface area contributed by atoms with Crippen LogP contribution in [-0.2, 0) is 0 Å². The van der Waals surface area contributed by atoms with E-state index >= 15 is 0 Å². The van der Waals surface area contributed by atoms with Gasteiger partial charge in [0.25, 0.3) is 0 Å². The smallest absolute Gasteiger partial charge is 0.336 e. The summed E-state index contributed by atoms with van der Waals surface area (Å²) >= 11 is 0. The molecule has 0 fully saturated rings. The number of para-hydroxylation sites is 1. The van der Waals surface area contributed by atoms with Crippen molar-refractivity contribution in [3.05, 3.63) is 35.9 Å². The number of hydrogen-bond donors (Lipinski definition) is 2. The maximum atomic E-state index is 11.4. The van der Waals surface area contributed by atoms with Crippen LogP contribution in [0.5, 0.6) is 0 Å². The molecule has 1 heterocycles. The number of anilines is 1. The number of carboxylic acid groups (broad SMARTS) is 1. The van der Waals surface area contributed by atoms with E-state index in [-0.39, 0.29) is 5.56 Å². The highest BCUT2D eigenvalue weighted by Crippen LogP contribution is 2.21. The Balaban J connectivity index is 2.33. The number of benzene rings is 1. The number of pyridine rings is 1. The van der Waals surface area contributed by atoms with E-state index in [0.717, 1.165) is 6.54 Å². The fourth-order valence-corrected chi connectivity index (χ4v) is 1.94. The number of carbonyl (C=O) groups is 1. The van der Waals surface area contributed by atoms with E-state index in [9.17, 15) is 9.90 Å². The number of nitrogens with one attached hydrogen (secondary N) is 1. The van der Waals surface area contributed by atoms with E-state index in [1.165, 1.54) is 0 Å². The van der Waals surface area contributed by atoms with Gasteiger partial charge in [0.2, 0.25) is 0 Å². The summed E-state index contributed by atoms with van der Waals surface area (Å²) in [5.41, 5.74) is 0.988. The van der Waals surface area contributed by atoms with Crippen LogP contribution in [0.4, 0.5) is 5.82 Å². The molecule has 2 aromatic rings. The highest BCUT2D eigenvalue weighted by molar-refractivity contribution is 6.03. The van der Waals surface area contributed by atoms with Crippen LogP contribution in [0, 0.1) is 11.8 Å². The van der Waals surface area contributed by atoms with Crippen LogP contribution in [0.1, 0.15) is 31.1 Å². The first-order valence-corrected chi connectivity index (χ1v) is 6.86. The average molecular weight is 272 g/mol. The molecule has 0 saturated heterocycles. The van der Waals surface area contributed by atoms with Gasteiger partial charge in [-0.1, -0.05) is 39.0 Å². The van der Waals surface area contributed by atoms with Gasteiger partial charge in [0.1, 0.15) is 5.82 Å². The Morgan fingerprint density at radius 1 is 1.30 bits per heavy atom. The van der Waals surface area contributed by atoms with E-state index in [1.807, 2.05) is 18.2 Å². The maximum Gasteiger partial charge on any atom is 0.336 e. The summed E-state index contributed by atoms with van der Waals surface area (Å²) in [4.78, 5) is 15.8. The minimum absolute atomic E-state index is 0.287. The van der Waals surface area contributed by atoms with Gasteiger partial charge < -0.3 is 10.4 Å². The molecule has 106 valence electrons. The molecule has 2 N–H and O–H groups in total. The van der Waals surface area contributed by atoms with E-state index in [0.29, 0.717) is 28.6 Å². The molecule has 0 radical (unpaired) electrons. The molecule has 1 aromatic carbocycles. The lowest BCUT2D eigenvalue weighted by Crippen LogP contribution is -2.17. The van der Waals surface area contributed by atoms with Crippen LogP contribution < -0.4 is 5.32 Å². The van der Waals surface area contributed by atoms with Gasteiger partial charge in [-0.3, -0.25) is 0 Å². The average Bonchev–Trinajstić information content (AvgIpc) is 2.43. The van der Waals surface area contributed by atoms with Gasteiger partial charge >= 0.3 is 5.97 Å². The molecule has 4 heteroatoms. The van der Waals surface area contributed by atoms with Crippen LogP contribution in [-0.4, -0.2) is 22.6 Å². The molecule has 0 saturated carbocycles. The van der Waals surface area contributed by atoms with Crippen molar-refractivity contribution < 1.29 is 9.90 Å². The second kappa shape index (κ2) is 5.90. The predicted molar refractivity (Wildman–Crippen MR) is 81.2 cm³/mol. The minimum atomic E-state index is -0.927. The van der Waals surface area contributed by atoms with Crippen LogP contribution in [0.15, 0.2) is 30.3 Å². The van der Waals surface area contributed by atoms with Gasteiger partial charge in [-0.25, -0.2) is 9.78 Å². The number of nitrogens with zero attached hydrogens (tertiary/aromatic N) is 1. The van der Waals surface area contributed by atoms with Gasteiger partial charge in [-0.05, 0) is 24.0 Å². The predicted octanol–water partition coefficient (Wildman–Crippen LogP) is 3.64. The summed E-state index contributed by atoms with van der Waals surface area (Å²) in [6.45, 7) is 7.28. The van der Waals surface area contributed by atoms with Gasteiger partial charge in [0.15, 0.2) is 0 Å². The van der Waals surface area contributed by atoms with Crippen LogP contribution >= 0.6 is 0 Å². The Bertz CT molecular complexity index is 623. The first kappa shape index (κ1) is 14.3. The van der Waals surface area contributed by atoms with Crippen LogP contribution in [0.3, 0.4) is 0 Å². The number of fused-ring (bicyclic) bond motifs is 1. The number of hydrogen-bond acceptors (Lipinski definition) is 3. The van der Waals surface area contributed by atoms with Crippen molar-refractivity contribution in [1.82, 2.24) is 4.98 Å². The van der Waals surface area contributed by atoms with Crippen molar-refractivity contribution in [2.45, 2.75) is 20.8 Å². The summed E-state index contributed by atoms with van der Waals surface area (Å²) in [5, 5.41) is 13.2. The van der Waals surface area contributed by atoms with Gasteiger partial charge in [-0.15, -0.1) is 0 Å². The normalized spacial score (nSPS) is 12.6. The van der Waals surface area contributed by atoms with Crippen molar-refractivity contribution in [3.8, 4) is 0 Å². The number of aromatic carboxylic acids is 1. The Labute approximate surface area is 118 Å². The second-order valence-corrected chi connectivity index (χ2v) is 5.48. The molecule has 2 rings (SSSR count). The van der Waals surface area contributed by atoms with Crippen LogP contribution in [0.2, 0.25) is 0 Å². The summed E-state index contributed by atoms with van der Waals surface area (Å²) < 4.78 is 0. The summed E-state index contributed by atoms with van der Waals surface area (Å²) in [6.07, 6.45) is 0. The Morgan fingerprint density at radius 2 is 2.00 bits per heavy atom. The zero-order chi connectivity index (χ0) is 14.7. The standard InChI is InChI=1S/C16H20N2O2/c1-10(2)11(3)9-17-15-8-13(16(19)20)12-6-4-5-7-14(12)18-15/h4-8,10-11H,9H2,1-3H3,(H,17,18)(H,19,20). The molecule has 0 aliphatic carbocycles. The third-order valence-corrected chi connectivity index (χ3v) is 3.69. The van der Waals surface area contributed by atoms with Crippen molar-refractivity contribution in [2.24, 2.45) is 11.8 Å². The Kier molecular flexibility index (Phi) is 4.23. The summed E-state index contributed by atoms with van der Waals surface area (Å²) in [5.74, 6) is 0.760. The fourth-order valence-electron chi connectivity index (χ4n) is 1.94. The van der Waals surface area contributed by atoms with Gasteiger partial charge in [0.05, 0.1) is 11.1 Å². The van der Waals surface area contributed by atoms with E-state index in [1.54, 1.807) is 12.1 Å². The molecule has 0 bridgehead atoms. The monoisotopic (exact) mass is 272 g/mol. The topological polar surface area (TPSA) is 62.2 Å². The molecule has 4 nitrogen and oxygen atoms in total. The van der Waals surface area contributed by atoms with E-state index in [4.69, 9.17) is 0 Å². The van der Waals surface area contributed by atoms with E-state index in [2.05, 4.69) is 31.1 Å². The van der Waals surface area contributed by atoms with E-state index < -0.39 is 5.97 Å². The molecule has 20 heavy (non-hydrogen) atoms. The Hall–Kier alpha value is -2.10. The Morgan fingerprint density at radius 3 is 2.65 bits per heavy atom. The third-order valence-electron chi connectivity index (χ3n) is 3.69. The first-order chi connectivity index (χ1) is 9.49. The number of aromatic nitrogens is 1. The zero-order valence-electron chi connectivity index (χ0n) is 12.1. The molecule has 0 aliphatic heterocycles. The quantitative estimate of drug-likeness (QED) is 0.872. The maximum absolute atomic E-state index is 11.4. The minimum Gasteiger partial charge on any atom is -0.478 e. The van der Waals surface area contributed by atoms with Crippen molar-refractivity contribution >= 4 is 22.7 Å². The molecular formula is C16H20N2O2. The highest BCUT2D eigenvalue weighted by Gasteiger charge is 2.12. The third kappa shape index (κ3) is 3.07. The van der Waals surface area contributed by atoms with Crippen LogP contribution in [0.25, 0.3) is 10.9 Å². The molecule has 1 unspecified atom stereocenters. The van der Waals surface area contributed by atoms with Crippen molar-refractivity contribution in [3.63, 3.8) is 0 Å². The summed E-state index contributed by atoms with van der Waals surface area (Å²) in [7, 11) is 0.